The van der Waals surface area contributed by atoms with E-state index in [1.54, 1.807) is 12.1 Å². The maximum absolute atomic E-state index is 11.2. The number of isocyanates is 1. The molecule has 1 rings (SSSR count). The minimum absolute atomic E-state index is 0.297. The van der Waals surface area contributed by atoms with Crippen LogP contribution in [0.1, 0.15) is 19.0 Å². The first kappa shape index (κ1) is 9.42. The van der Waals surface area contributed by atoms with Crippen LogP contribution in [0.2, 0.25) is 0 Å². The Morgan fingerprint density at radius 2 is 2.31 bits per heavy atom. The van der Waals surface area contributed by atoms with Gasteiger partial charge in [-0.1, -0.05) is 24.5 Å². The van der Waals surface area contributed by atoms with Crippen LogP contribution in [0.3, 0.4) is 0 Å². The van der Waals surface area contributed by atoms with Gasteiger partial charge < -0.3 is 0 Å². The first-order valence-corrected chi connectivity index (χ1v) is 4.08. The molecule has 0 N–H and O–H groups in total. The SMILES string of the molecule is CCCc1cccc(=O)n1N=C=O. The molecule has 0 atom stereocenters. The highest BCUT2D eigenvalue weighted by Crippen LogP contribution is 1.99. The quantitative estimate of drug-likeness (QED) is 0.510. The zero-order chi connectivity index (χ0) is 9.68. The van der Waals surface area contributed by atoms with E-state index in [9.17, 15) is 9.59 Å². The molecule has 0 saturated heterocycles. The number of hydrogen-bond acceptors (Lipinski definition) is 3. The molecular weight excluding hydrogens is 168 g/mol. The standard InChI is InChI=1S/C9H10N2O2/c1-2-4-8-5-3-6-9(13)11(8)10-7-12/h3,5-6H,2,4H2,1H3. The summed E-state index contributed by atoms with van der Waals surface area (Å²) < 4.78 is 1.08. The molecule has 1 aromatic heterocycles. The van der Waals surface area contributed by atoms with E-state index in [0.29, 0.717) is 0 Å². The van der Waals surface area contributed by atoms with Gasteiger partial charge in [-0.05, 0) is 12.5 Å². The largest absolute Gasteiger partial charge is 0.271 e. The molecule has 0 fully saturated rings. The van der Waals surface area contributed by atoms with Gasteiger partial charge in [-0.25, -0.2) is 4.79 Å². The Morgan fingerprint density at radius 3 is 2.92 bits per heavy atom. The maximum atomic E-state index is 11.2. The topological polar surface area (TPSA) is 51.4 Å². The van der Waals surface area contributed by atoms with E-state index in [0.717, 1.165) is 23.2 Å². The Kier molecular flexibility index (Phi) is 3.17. The fourth-order valence-corrected chi connectivity index (χ4v) is 1.12. The Bertz CT molecular complexity index is 389. The minimum atomic E-state index is -0.297. The fourth-order valence-electron chi connectivity index (χ4n) is 1.12. The number of aryl methyl sites for hydroxylation is 1. The average Bonchev–Trinajstić information content (AvgIpc) is 2.11. The summed E-state index contributed by atoms with van der Waals surface area (Å²) in [6, 6.07) is 4.79. The van der Waals surface area contributed by atoms with Gasteiger partial charge in [-0.15, -0.1) is 0 Å². The number of hydrogen-bond donors (Lipinski definition) is 0. The van der Waals surface area contributed by atoms with Gasteiger partial charge in [0.2, 0.25) is 0 Å². The van der Waals surface area contributed by atoms with Crippen LogP contribution < -0.4 is 5.56 Å². The van der Waals surface area contributed by atoms with E-state index < -0.39 is 0 Å². The predicted molar refractivity (Wildman–Crippen MR) is 48.2 cm³/mol. The van der Waals surface area contributed by atoms with Crippen LogP contribution in [0, 0.1) is 0 Å². The summed E-state index contributed by atoms with van der Waals surface area (Å²) in [5, 5.41) is 3.32. The van der Waals surface area contributed by atoms with Crippen molar-refractivity contribution < 1.29 is 4.79 Å². The summed E-state index contributed by atoms with van der Waals surface area (Å²) in [6.07, 6.45) is 2.99. The zero-order valence-electron chi connectivity index (χ0n) is 7.36. The van der Waals surface area contributed by atoms with Crippen LogP contribution in [0.5, 0.6) is 0 Å². The molecule has 0 aliphatic carbocycles. The molecule has 0 aromatic carbocycles. The minimum Gasteiger partial charge on any atom is -0.267 e. The predicted octanol–water partition coefficient (Wildman–Crippen LogP) is 0.900. The van der Waals surface area contributed by atoms with Crippen molar-refractivity contribution >= 4 is 6.08 Å². The van der Waals surface area contributed by atoms with Crippen LogP contribution >= 0.6 is 0 Å². The molecule has 0 saturated carbocycles. The Labute approximate surface area is 75.5 Å². The molecule has 0 unspecified atom stereocenters. The highest BCUT2D eigenvalue weighted by molar-refractivity contribution is 5.33. The van der Waals surface area contributed by atoms with Gasteiger partial charge in [0.1, 0.15) is 0 Å². The lowest BCUT2D eigenvalue weighted by Gasteiger charge is -2.02. The Hall–Kier alpha value is -1.67. The van der Waals surface area contributed by atoms with Gasteiger partial charge in [0, 0.05) is 11.8 Å². The van der Waals surface area contributed by atoms with Crippen LogP contribution in [-0.4, -0.2) is 10.8 Å². The first-order valence-electron chi connectivity index (χ1n) is 4.08. The van der Waals surface area contributed by atoms with Gasteiger partial charge in [0.15, 0.2) is 0 Å². The second-order valence-electron chi connectivity index (χ2n) is 2.61. The summed E-state index contributed by atoms with van der Waals surface area (Å²) in [5.41, 5.74) is 0.438. The van der Waals surface area contributed by atoms with Crippen molar-refractivity contribution in [2.45, 2.75) is 19.8 Å². The van der Waals surface area contributed by atoms with Gasteiger partial charge in [-0.3, -0.25) is 4.79 Å². The summed E-state index contributed by atoms with van der Waals surface area (Å²) in [4.78, 5) is 21.2. The van der Waals surface area contributed by atoms with Crippen LogP contribution in [0.15, 0.2) is 28.1 Å². The zero-order valence-corrected chi connectivity index (χ0v) is 7.36. The fraction of sp³-hybridized carbons (Fsp3) is 0.333. The summed E-state index contributed by atoms with van der Waals surface area (Å²) in [7, 11) is 0. The normalized spacial score (nSPS) is 9.31. The van der Waals surface area contributed by atoms with Gasteiger partial charge in [0.25, 0.3) is 11.6 Å². The third-order valence-electron chi connectivity index (χ3n) is 1.66. The van der Waals surface area contributed by atoms with Crippen molar-refractivity contribution in [1.29, 1.82) is 0 Å². The molecule has 0 spiro atoms. The molecule has 0 bridgehead atoms. The summed E-state index contributed by atoms with van der Waals surface area (Å²) >= 11 is 0. The second kappa shape index (κ2) is 4.38. The third kappa shape index (κ3) is 2.13. The van der Waals surface area contributed by atoms with Gasteiger partial charge in [0.05, 0.1) is 0 Å². The van der Waals surface area contributed by atoms with E-state index >= 15 is 0 Å². The number of nitrogens with zero attached hydrogens (tertiary/aromatic N) is 2. The highest BCUT2D eigenvalue weighted by Gasteiger charge is 1.99. The number of aromatic nitrogens is 1. The van der Waals surface area contributed by atoms with Crippen molar-refractivity contribution in [1.82, 2.24) is 4.68 Å². The third-order valence-corrected chi connectivity index (χ3v) is 1.66. The van der Waals surface area contributed by atoms with Crippen molar-refractivity contribution in [2.24, 2.45) is 5.10 Å². The van der Waals surface area contributed by atoms with Crippen molar-refractivity contribution in [3.8, 4) is 0 Å². The first-order chi connectivity index (χ1) is 6.29. The molecule has 4 heteroatoms. The van der Waals surface area contributed by atoms with Gasteiger partial charge in [-0.2, -0.15) is 4.68 Å². The molecule has 0 amide bonds. The number of carbonyl (C=O) groups excluding carboxylic acids is 1. The molecule has 0 aliphatic heterocycles. The summed E-state index contributed by atoms with van der Waals surface area (Å²) in [6.45, 7) is 1.99. The molecule has 1 heterocycles. The Balaban J connectivity index is 3.25. The molecule has 68 valence electrons. The molecule has 13 heavy (non-hydrogen) atoms. The van der Waals surface area contributed by atoms with E-state index in [2.05, 4.69) is 5.10 Å². The van der Waals surface area contributed by atoms with E-state index in [-0.39, 0.29) is 5.56 Å². The van der Waals surface area contributed by atoms with Crippen molar-refractivity contribution in [2.75, 3.05) is 0 Å². The Morgan fingerprint density at radius 1 is 1.54 bits per heavy atom. The van der Waals surface area contributed by atoms with E-state index in [1.165, 1.54) is 12.1 Å². The lowest BCUT2D eigenvalue weighted by molar-refractivity contribution is 0.557. The second-order valence-corrected chi connectivity index (χ2v) is 2.61. The molecule has 1 aromatic rings. The maximum Gasteiger partial charge on any atom is 0.271 e. The van der Waals surface area contributed by atoms with Crippen LogP contribution in [0.25, 0.3) is 0 Å². The lowest BCUT2D eigenvalue weighted by atomic mass is 10.2. The molecule has 4 nitrogen and oxygen atoms in total. The molecule has 0 radical (unpaired) electrons. The molecule has 0 aliphatic rings. The number of pyridine rings is 1. The van der Waals surface area contributed by atoms with Crippen LogP contribution in [-0.2, 0) is 11.2 Å². The number of rotatable bonds is 3. The van der Waals surface area contributed by atoms with E-state index in [4.69, 9.17) is 0 Å². The average molecular weight is 178 g/mol. The monoisotopic (exact) mass is 178 g/mol. The smallest absolute Gasteiger partial charge is 0.267 e. The van der Waals surface area contributed by atoms with Gasteiger partial charge >= 0.3 is 0 Å². The lowest BCUT2D eigenvalue weighted by Crippen LogP contribution is -2.18. The highest BCUT2D eigenvalue weighted by atomic mass is 16.1. The van der Waals surface area contributed by atoms with Crippen molar-refractivity contribution in [3.63, 3.8) is 0 Å². The summed E-state index contributed by atoms with van der Waals surface area (Å²) in [5.74, 6) is 0. The van der Waals surface area contributed by atoms with E-state index in [1.807, 2.05) is 6.92 Å². The molecular formula is C9H10N2O2. The van der Waals surface area contributed by atoms with Crippen molar-refractivity contribution in [3.05, 3.63) is 34.2 Å². The van der Waals surface area contributed by atoms with Crippen LogP contribution in [0.4, 0.5) is 0 Å².